The Morgan fingerprint density at radius 3 is 2.47 bits per heavy atom. The molecule has 0 fully saturated rings. The number of benzene rings is 3. The highest BCUT2D eigenvalue weighted by Gasteiger charge is 2.30. The van der Waals surface area contributed by atoms with Crippen molar-refractivity contribution in [3.05, 3.63) is 88.6 Å². The van der Waals surface area contributed by atoms with Crippen LogP contribution in [-0.4, -0.2) is 22.2 Å². The van der Waals surface area contributed by atoms with Crippen LogP contribution in [0.15, 0.2) is 66.9 Å². The maximum absolute atomic E-state index is 13.0. The third-order valence-electron chi connectivity index (χ3n) is 5.55. The van der Waals surface area contributed by atoms with Crippen molar-refractivity contribution in [1.82, 2.24) is 9.78 Å². The number of hydrogen-bond acceptors (Lipinski definition) is 2. The summed E-state index contributed by atoms with van der Waals surface area (Å²) in [5, 5.41) is 5.94. The van der Waals surface area contributed by atoms with Crippen LogP contribution in [-0.2, 0) is 0 Å². The number of carbonyl (C=O) groups excluding carboxylic acids is 1. The normalized spacial score (nSPS) is 12.8. The molecule has 1 unspecified atom stereocenters. The van der Waals surface area contributed by atoms with E-state index >= 15 is 0 Å². The Morgan fingerprint density at radius 1 is 1.06 bits per heavy atom. The highest BCUT2D eigenvalue weighted by atomic mass is 35.5. The van der Waals surface area contributed by atoms with Crippen LogP contribution in [0, 0.1) is 6.92 Å². The van der Waals surface area contributed by atoms with Crippen LogP contribution in [0.2, 0.25) is 5.02 Å². The van der Waals surface area contributed by atoms with E-state index < -0.39 is 18.6 Å². The van der Waals surface area contributed by atoms with Gasteiger partial charge in [-0.25, -0.2) is 0 Å². The van der Waals surface area contributed by atoms with Crippen LogP contribution in [0.3, 0.4) is 0 Å². The van der Waals surface area contributed by atoms with Crippen LogP contribution < -0.4 is 0 Å². The van der Waals surface area contributed by atoms with Crippen LogP contribution in [0.25, 0.3) is 22.0 Å². The van der Waals surface area contributed by atoms with Crippen molar-refractivity contribution in [2.24, 2.45) is 0 Å². The molecular weight excluding hydrogens is 437 g/mol. The lowest BCUT2D eigenvalue weighted by atomic mass is 9.98. The summed E-state index contributed by atoms with van der Waals surface area (Å²) in [7, 11) is 0. The number of aryl methyl sites for hydroxylation is 1. The van der Waals surface area contributed by atoms with Gasteiger partial charge in [0.05, 0.1) is 17.8 Å². The zero-order valence-corrected chi connectivity index (χ0v) is 18.0. The molecule has 0 spiro atoms. The Labute approximate surface area is 188 Å². The molecule has 0 amide bonds. The first-order valence-corrected chi connectivity index (χ1v) is 10.5. The third-order valence-corrected chi connectivity index (χ3v) is 5.78. The van der Waals surface area contributed by atoms with E-state index in [1.54, 1.807) is 35.1 Å². The Balaban J connectivity index is 1.75. The van der Waals surface area contributed by atoms with Crippen LogP contribution in [0.5, 0.6) is 0 Å². The van der Waals surface area contributed by atoms with Crippen molar-refractivity contribution >= 4 is 28.8 Å². The molecule has 1 aromatic heterocycles. The summed E-state index contributed by atoms with van der Waals surface area (Å²) >= 11 is 6.06. The van der Waals surface area contributed by atoms with Crippen LogP contribution in [0.4, 0.5) is 13.2 Å². The van der Waals surface area contributed by atoms with Crippen molar-refractivity contribution in [1.29, 1.82) is 0 Å². The van der Waals surface area contributed by atoms with E-state index in [1.807, 2.05) is 43.3 Å². The average molecular weight is 457 g/mol. The molecule has 0 aliphatic carbocycles. The van der Waals surface area contributed by atoms with Gasteiger partial charge in [-0.3, -0.25) is 9.48 Å². The second-order valence-corrected chi connectivity index (χ2v) is 8.21. The van der Waals surface area contributed by atoms with Gasteiger partial charge in [0.15, 0.2) is 0 Å². The maximum atomic E-state index is 13.0. The average Bonchev–Trinajstić information content (AvgIpc) is 3.16. The molecule has 0 aliphatic heterocycles. The summed E-state index contributed by atoms with van der Waals surface area (Å²) in [6, 6.07) is 17.4. The van der Waals surface area contributed by atoms with Crippen molar-refractivity contribution in [3.8, 4) is 11.1 Å². The van der Waals surface area contributed by atoms with E-state index in [0.29, 0.717) is 22.4 Å². The number of aromatic nitrogens is 2. The molecule has 0 radical (unpaired) electrons. The van der Waals surface area contributed by atoms with Gasteiger partial charge in [0, 0.05) is 22.4 Å². The summed E-state index contributed by atoms with van der Waals surface area (Å²) < 4.78 is 40.7. The lowest BCUT2D eigenvalue weighted by Crippen LogP contribution is -2.16. The number of alkyl halides is 3. The number of rotatable bonds is 6. The fraction of sp³-hybridized carbons (Fsp3) is 0.200. The quantitative estimate of drug-likeness (QED) is 0.283. The topological polar surface area (TPSA) is 34.9 Å². The van der Waals surface area contributed by atoms with Gasteiger partial charge in [0.2, 0.25) is 0 Å². The molecule has 3 aromatic carbocycles. The fourth-order valence-electron chi connectivity index (χ4n) is 3.95. The number of halogens is 4. The molecule has 1 heterocycles. The summed E-state index contributed by atoms with van der Waals surface area (Å²) in [5.74, 6) is 0. The predicted octanol–water partition coefficient (Wildman–Crippen LogP) is 7.41. The van der Waals surface area contributed by atoms with Crippen molar-refractivity contribution in [2.75, 3.05) is 0 Å². The number of hydrogen-bond donors (Lipinski definition) is 0. The summed E-state index contributed by atoms with van der Waals surface area (Å²) in [5.41, 5.74) is 4.92. The third kappa shape index (κ3) is 4.70. The molecule has 4 aromatic rings. The molecule has 0 N–H and O–H groups in total. The minimum absolute atomic E-state index is 0.154. The van der Waals surface area contributed by atoms with Crippen molar-refractivity contribution in [2.45, 2.75) is 32.0 Å². The molecular formula is C25H20ClF3N2O. The van der Waals surface area contributed by atoms with Gasteiger partial charge in [0.1, 0.15) is 6.29 Å². The molecule has 7 heteroatoms. The van der Waals surface area contributed by atoms with E-state index in [9.17, 15) is 18.0 Å². The number of nitrogens with zero attached hydrogens (tertiary/aromatic N) is 2. The molecule has 0 aliphatic rings. The SMILES string of the molecule is Cc1cc(Cl)ccc1-c1ccc2c(cnn2C(CCC(F)(F)F)c2ccc(C=O)cc2)c1. The fourth-order valence-corrected chi connectivity index (χ4v) is 4.17. The maximum Gasteiger partial charge on any atom is 0.389 e. The zero-order valence-electron chi connectivity index (χ0n) is 17.2. The highest BCUT2D eigenvalue weighted by Crippen LogP contribution is 2.34. The Morgan fingerprint density at radius 2 is 1.81 bits per heavy atom. The monoisotopic (exact) mass is 456 g/mol. The summed E-state index contributed by atoms with van der Waals surface area (Å²) in [6.45, 7) is 1.98. The molecule has 4 rings (SSSR count). The molecule has 164 valence electrons. The Hall–Kier alpha value is -3.12. The van der Waals surface area contributed by atoms with Gasteiger partial charge in [-0.1, -0.05) is 48.0 Å². The van der Waals surface area contributed by atoms with Crippen molar-refractivity contribution in [3.63, 3.8) is 0 Å². The summed E-state index contributed by atoms with van der Waals surface area (Å²) in [4.78, 5) is 11.0. The van der Waals surface area contributed by atoms with E-state index in [4.69, 9.17) is 11.6 Å². The number of fused-ring (bicyclic) bond motifs is 1. The van der Waals surface area contributed by atoms with Gasteiger partial charge in [-0.15, -0.1) is 0 Å². The van der Waals surface area contributed by atoms with Crippen LogP contribution in [0.1, 0.15) is 40.4 Å². The Bertz CT molecular complexity index is 1260. The first-order valence-electron chi connectivity index (χ1n) is 10.1. The lowest BCUT2D eigenvalue weighted by Gasteiger charge is -2.20. The smallest absolute Gasteiger partial charge is 0.298 e. The van der Waals surface area contributed by atoms with E-state index in [0.717, 1.165) is 27.6 Å². The molecule has 0 saturated carbocycles. The molecule has 0 bridgehead atoms. The van der Waals surface area contributed by atoms with E-state index in [2.05, 4.69) is 5.10 Å². The standard InChI is InChI=1S/C25H20ClF3N2O/c1-16-12-21(26)7-8-22(16)19-6-9-23-20(13-19)14-30-31(23)24(10-11-25(27,28)29)18-4-2-17(15-32)3-5-18/h2-9,12-15,24H,10-11H2,1H3. The number of carbonyl (C=O) groups is 1. The molecule has 32 heavy (non-hydrogen) atoms. The van der Waals surface area contributed by atoms with Gasteiger partial charge >= 0.3 is 6.18 Å². The minimum atomic E-state index is -4.27. The predicted molar refractivity (Wildman–Crippen MR) is 120 cm³/mol. The second kappa shape index (κ2) is 8.79. The van der Waals surface area contributed by atoms with Crippen LogP contribution >= 0.6 is 11.6 Å². The molecule has 1 atom stereocenters. The molecule has 3 nitrogen and oxygen atoms in total. The highest BCUT2D eigenvalue weighted by molar-refractivity contribution is 6.30. The minimum Gasteiger partial charge on any atom is -0.298 e. The lowest BCUT2D eigenvalue weighted by molar-refractivity contribution is -0.136. The second-order valence-electron chi connectivity index (χ2n) is 7.78. The van der Waals surface area contributed by atoms with Gasteiger partial charge in [0.25, 0.3) is 0 Å². The first-order chi connectivity index (χ1) is 15.2. The van der Waals surface area contributed by atoms with Crippen molar-refractivity contribution < 1.29 is 18.0 Å². The first kappa shape index (κ1) is 22.1. The number of aldehydes is 1. The van der Waals surface area contributed by atoms with Gasteiger partial charge in [-0.2, -0.15) is 18.3 Å². The van der Waals surface area contributed by atoms with Gasteiger partial charge in [-0.05, 0) is 59.9 Å². The van der Waals surface area contributed by atoms with E-state index in [1.165, 1.54) is 0 Å². The molecule has 0 saturated heterocycles. The van der Waals surface area contributed by atoms with E-state index in [-0.39, 0.29) is 6.42 Å². The zero-order chi connectivity index (χ0) is 22.9. The largest absolute Gasteiger partial charge is 0.389 e. The van der Waals surface area contributed by atoms with Gasteiger partial charge < -0.3 is 0 Å². The summed E-state index contributed by atoms with van der Waals surface area (Å²) in [6.07, 6.45) is -2.99. The Kier molecular flexibility index (Phi) is 6.07.